The molecule has 1 aromatic heterocycles. The number of ether oxygens (including phenoxy) is 1. The zero-order chi connectivity index (χ0) is 23.1. The summed E-state index contributed by atoms with van der Waals surface area (Å²) in [6, 6.07) is 16.9. The summed E-state index contributed by atoms with van der Waals surface area (Å²) in [5.74, 6) is 0.204. The number of carbonyl (C=O) groups is 1. The van der Waals surface area contributed by atoms with Gasteiger partial charge in [-0.25, -0.2) is 8.42 Å². The molecule has 32 heavy (non-hydrogen) atoms. The molecule has 0 aliphatic heterocycles. The molecule has 0 fully saturated rings. The van der Waals surface area contributed by atoms with Gasteiger partial charge in [0.2, 0.25) is 5.91 Å². The molecule has 2 aromatic carbocycles. The van der Waals surface area contributed by atoms with Crippen LogP contribution in [0.2, 0.25) is 0 Å². The molecule has 0 saturated heterocycles. The van der Waals surface area contributed by atoms with Crippen LogP contribution in [0.3, 0.4) is 0 Å². The minimum Gasteiger partial charge on any atom is -0.497 e. The lowest BCUT2D eigenvalue weighted by atomic mass is 10.1. The summed E-state index contributed by atoms with van der Waals surface area (Å²) in [4.78, 5) is 18.0. The van der Waals surface area contributed by atoms with Crippen LogP contribution < -0.4 is 9.04 Å². The third-order valence-corrected chi connectivity index (χ3v) is 6.57. The molecule has 8 heteroatoms. The van der Waals surface area contributed by atoms with Gasteiger partial charge in [0.15, 0.2) is 0 Å². The van der Waals surface area contributed by atoms with E-state index in [1.54, 1.807) is 50.8 Å². The Labute approximate surface area is 188 Å². The highest BCUT2D eigenvalue weighted by Crippen LogP contribution is 2.29. The van der Waals surface area contributed by atoms with E-state index in [0.29, 0.717) is 17.0 Å². The fourth-order valence-electron chi connectivity index (χ4n) is 2.95. The van der Waals surface area contributed by atoms with Crippen molar-refractivity contribution in [1.82, 2.24) is 9.88 Å². The maximum atomic E-state index is 13.6. The van der Waals surface area contributed by atoms with Crippen LogP contribution in [0, 0.1) is 0 Å². The summed E-state index contributed by atoms with van der Waals surface area (Å²) in [7, 11) is 0.670. The van der Waals surface area contributed by atoms with E-state index in [0.717, 1.165) is 9.87 Å². The van der Waals surface area contributed by atoms with Crippen LogP contribution >= 0.6 is 0 Å². The average Bonchev–Trinajstić information content (AvgIpc) is 2.81. The van der Waals surface area contributed by atoms with E-state index >= 15 is 0 Å². The summed E-state index contributed by atoms with van der Waals surface area (Å²) in [6.07, 6.45) is 7.05. The number of pyridine rings is 1. The molecule has 3 aromatic rings. The maximum absolute atomic E-state index is 13.6. The Morgan fingerprint density at radius 2 is 1.62 bits per heavy atom. The number of amides is 1. The van der Waals surface area contributed by atoms with Gasteiger partial charge < -0.3 is 9.64 Å². The molecule has 0 unspecified atom stereocenters. The van der Waals surface area contributed by atoms with Crippen LogP contribution in [0.4, 0.5) is 5.69 Å². The maximum Gasteiger partial charge on any atom is 0.264 e. The van der Waals surface area contributed by atoms with Crippen LogP contribution in [0.25, 0.3) is 12.2 Å². The van der Waals surface area contributed by atoms with E-state index < -0.39 is 10.0 Å². The second-order valence-corrected chi connectivity index (χ2v) is 9.01. The van der Waals surface area contributed by atoms with Crippen molar-refractivity contribution < 1.29 is 17.9 Å². The topological polar surface area (TPSA) is 79.8 Å². The Bertz CT molecular complexity index is 1190. The third kappa shape index (κ3) is 5.33. The molecule has 1 heterocycles. The van der Waals surface area contributed by atoms with Crippen molar-refractivity contribution in [2.24, 2.45) is 0 Å². The lowest BCUT2D eigenvalue weighted by Gasteiger charge is -2.27. The molecule has 0 saturated carbocycles. The largest absolute Gasteiger partial charge is 0.497 e. The first-order chi connectivity index (χ1) is 15.3. The van der Waals surface area contributed by atoms with E-state index in [9.17, 15) is 13.2 Å². The zero-order valence-corrected chi connectivity index (χ0v) is 19.0. The van der Waals surface area contributed by atoms with Crippen molar-refractivity contribution in [1.29, 1.82) is 0 Å². The van der Waals surface area contributed by atoms with Gasteiger partial charge in [0.25, 0.3) is 10.0 Å². The van der Waals surface area contributed by atoms with Gasteiger partial charge in [-0.05, 0) is 53.6 Å². The Kier molecular flexibility index (Phi) is 7.27. The summed E-state index contributed by atoms with van der Waals surface area (Å²) in [5.41, 5.74) is 1.99. The fraction of sp³-hybridized carbons (Fsp3) is 0.167. The number of aromatic nitrogens is 1. The minimum atomic E-state index is -4.03. The second-order valence-electron chi connectivity index (χ2n) is 7.15. The molecular formula is C24H25N3O4S. The zero-order valence-electron chi connectivity index (χ0n) is 18.2. The van der Waals surface area contributed by atoms with Crippen LogP contribution in [-0.2, 0) is 14.8 Å². The van der Waals surface area contributed by atoms with Crippen molar-refractivity contribution >= 4 is 33.8 Å². The predicted octanol–water partition coefficient (Wildman–Crippen LogP) is 3.54. The van der Waals surface area contributed by atoms with Crippen LogP contribution in [-0.4, -0.2) is 52.0 Å². The molecular weight excluding hydrogens is 426 g/mol. The number of methoxy groups -OCH3 is 1. The van der Waals surface area contributed by atoms with Crippen LogP contribution in [0.15, 0.2) is 78.0 Å². The molecule has 166 valence electrons. The summed E-state index contributed by atoms with van der Waals surface area (Å²) in [5, 5.41) is 0. The van der Waals surface area contributed by atoms with Crippen molar-refractivity contribution in [3.8, 4) is 5.75 Å². The number of sulfonamides is 1. The number of rotatable bonds is 8. The number of benzene rings is 2. The lowest BCUT2D eigenvalue weighted by molar-refractivity contribution is -0.127. The molecule has 0 bridgehead atoms. The molecule has 0 radical (unpaired) electrons. The summed E-state index contributed by atoms with van der Waals surface area (Å²) >= 11 is 0. The number of carbonyl (C=O) groups excluding carboxylic acids is 1. The average molecular weight is 452 g/mol. The number of nitrogens with zero attached hydrogens (tertiary/aromatic N) is 3. The Balaban J connectivity index is 2.08. The van der Waals surface area contributed by atoms with Gasteiger partial charge in [-0.15, -0.1) is 0 Å². The first kappa shape index (κ1) is 23.0. The minimum absolute atomic E-state index is 0.0674. The standard InChI is InChI=1S/C24H25N3O4S/c1-26(2)24(28)18-27(32(29,30)22-12-10-21(31-3)11-13-22)23-7-5-4-6-20(23)9-8-19-14-16-25-17-15-19/h4-17H,18H2,1-3H3/b9-8+. The third-order valence-electron chi connectivity index (χ3n) is 4.79. The molecule has 7 nitrogen and oxygen atoms in total. The smallest absolute Gasteiger partial charge is 0.264 e. The summed E-state index contributed by atoms with van der Waals surface area (Å²) < 4.78 is 33.5. The number of likely N-dealkylation sites (N-methyl/N-ethyl adjacent to an activating group) is 1. The number of para-hydroxylation sites is 1. The van der Waals surface area contributed by atoms with Gasteiger partial charge >= 0.3 is 0 Å². The second kappa shape index (κ2) is 10.1. The van der Waals surface area contributed by atoms with E-state index in [2.05, 4.69) is 4.98 Å². The highest BCUT2D eigenvalue weighted by Gasteiger charge is 2.29. The highest BCUT2D eigenvalue weighted by atomic mass is 32.2. The normalized spacial score (nSPS) is 11.3. The monoisotopic (exact) mass is 451 g/mol. The van der Waals surface area contributed by atoms with E-state index in [4.69, 9.17) is 4.74 Å². The van der Waals surface area contributed by atoms with Gasteiger partial charge in [-0.2, -0.15) is 0 Å². The number of hydrogen-bond acceptors (Lipinski definition) is 5. The fourth-order valence-corrected chi connectivity index (χ4v) is 4.40. The molecule has 3 rings (SSSR count). The van der Waals surface area contributed by atoms with Crippen LogP contribution in [0.5, 0.6) is 5.75 Å². The van der Waals surface area contributed by atoms with Gasteiger partial charge in [0.05, 0.1) is 17.7 Å². The van der Waals surface area contributed by atoms with Gasteiger partial charge in [-0.3, -0.25) is 14.1 Å². The molecule has 0 aliphatic rings. The van der Waals surface area contributed by atoms with Gasteiger partial charge in [0.1, 0.15) is 12.3 Å². The molecule has 0 aliphatic carbocycles. The molecule has 0 atom stereocenters. The predicted molar refractivity (Wildman–Crippen MR) is 126 cm³/mol. The van der Waals surface area contributed by atoms with E-state index in [1.165, 1.54) is 24.1 Å². The van der Waals surface area contributed by atoms with Crippen LogP contribution in [0.1, 0.15) is 11.1 Å². The van der Waals surface area contributed by atoms with Gasteiger partial charge in [-0.1, -0.05) is 30.4 Å². The first-order valence-electron chi connectivity index (χ1n) is 9.87. The van der Waals surface area contributed by atoms with Crippen molar-refractivity contribution in [2.75, 3.05) is 32.1 Å². The van der Waals surface area contributed by atoms with E-state index in [1.807, 2.05) is 36.4 Å². The van der Waals surface area contributed by atoms with Crippen molar-refractivity contribution in [3.63, 3.8) is 0 Å². The lowest BCUT2D eigenvalue weighted by Crippen LogP contribution is -2.40. The Morgan fingerprint density at radius 1 is 0.969 bits per heavy atom. The van der Waals surface area contributed by atoms with Crippen molar-refractivity contribution in [2.45, 2.75) is 4.90 Å². The number of anilines is 1. The molecule has 1 amide bonds. The van der Waals surface area contributed by atoms with Crippen molar-refractivity contribution in [3.05, 3.63) is 84.2 Å². The molecule has 0 spiro atoms. The van der Waals surface area contributed by atoms with E-state index in [-0.39, 0.29) is 17.3 Å². The Morgan fingerprint density at radius 3 is 2.25 bits per heavy atom. The Hall–Kier alpha value is -3.65. The highest BCUT2D eigenvalue weighted by molar-refractivity contribution is 7.92. The molecule has 0 N–H and O–H groups in total. The van der Waals surface area contributed by atoms with Gasteiger partial charge in [0, 0.05) is 26.5 Å². The SMILES string of the molecule is COc1ccc(S(=O)(=O)N(CC(=O)N(C)C)c2ccccc2/C=C/c2ccncc2)cc1. The summed E-state index contributed by atoms with van der Waals surface area (Å²) in [6.45, 7) is -0.332. The quantitative estimate of drug-likeness (QED) is 0.523. The first-order valence-corrected chi connectivity index (χ1v) is 11.3. The number of hydrogen-bond donors (Lipinski definition) is 0.